The fourth-order valence-electron chi connectivity index (χ4n) is 1.88. The number of carboxylic acids is 1. The van der Waals surface area contributed by atoms with Crippen LogP contribution in [0.4, 0.5) is 17.6 Å². The van der Waals surface area contributed by atoms with Crippen molar-refractivity contribution in [3.8, 4) is 0 Å². The van der Waals surface area contributed by atoms with Gasteiger partial charge in [0.2, 0.25) is 5.91 Å². The van der Waals surface area contributed by atoms with Crippen molar-refractivity contribution in [3.05, 3.63) is 23.6 Å². The van der Waals surface area contributed by atoms with E-state index in [2.05, 4.69) is 5.32 Å². The zero-order chi connectivity index (χ0) is 16.4. The van der Waals surface area contributed by atoms with Crippen molar-refractivity contribution in [2.24, 2.45) is 11.8 Å². The minimum absolute atomic E-state index is 0.486. The molecule has 2 atom stereocenters. The number of carbonyl (C=O) groups is 2. The van der Waals surface area contributed by atoms with Crippen molar-refractivity contribution in [2.45, 2.75) is 32.5 Å². The van der Waals surface area contributed by atoms with Crippen molar-refractivity contribution in [1.82, 2.24) is 5.32 Å². The van der Waals surface area contributed by atoms with Gasteiger partial charge in [0.1, 0.15) is 11.9 Å². The molecule has 0 aromatic heterocycles. The molecule has 0 saturated carbocycles. The van der Waals surface area contributed by atoms with Crippen molar-refractivity contribution in [2.75, 3.05) is 0 Å². The van der Waals surface area contributed by atoms with Crippen molar-refractivity contribution < 1.29 is 32.3 Å². The van der Waals surface area contributed by atoms with Gasteiger partial charge < -0.3 is 10.4 Å². The standard InChI is InChI=1S/C13H15F4NO3/c1-6(2)10(12(20)21)18-11(19)8-5-7(13(15,16)17)3-4-9(8)14/h3-4,6,8,10H,5H2,1-2H3,(H,18,19)(H,20,21). The Morgan fingerprint density at radius 3 is 2.33 bits per heavy atom. The van der Waals surface area contributed by atoms with Gasteiger partial charge in [-0.05, 0) is 18.4 Å². The molecule has 21 heavy (non-hydrogen) atoms. The lowest BCUT2D eigenvalue weighted by Gasteiger charge is -2.24. The van der Waals surface area contributed by atoms with Gasteiger partial charge in [-0.3, -0.25) is 4.79 Å². The number of carboxylic acid groups (broad SMARTS) is 1. The Bertz CT molecular complexity index is 494. The van der Waals surface area contributed by atoms with E-state index in [-0.39, 0.29) is 0 Å². The zero-order valence-electron chi connectivity index (χ0n) is 11.4. The highest BCUT2D eigenvalue weighted by Gasteiger charge is 2.40. The summed E-state index contributed by atoms with van der Waals surface area (Å²) in [5.41, 5.74) is -1.03. The molecule has 1 aliphatic rings. The Kier molecular flexibility index (Phi) is 5.14. The Labute approximate surface area is 118 Å². The summed E-state index contributed by atoms with van der Waals surface area (Å²) in [4.78, 5) is 22.8. The second kappa shape index (κ2) is 6.28. The van der Waals surface area contributed by atoms with Crippen LogP contribution in [0, 0.1) is 11.8 Å². The molecule has 0 aromatic rings. The van der Waals surface area contributed by atoms with Crippen LogP contribution < -0.4 is 5.32 Å². The Morgan fingerprint density at radius 2 is 1.90 bits per heavy atom. The molecule has 0 bridgehead atoms. The summed E-state index contributed by atoms with van der Waals surface area (Å²) < 4.78 is 51.3. The first-order valence-electron chi connectivity index (χ1n) is 6.20. The number of carbonyl (C=O) groups excluding carboxylic acids is 1. The maximum absolute atomic E-state index is 13.6. The van der Waals surface area contributed by atoms with E-state index >= 15 is 0 Å². The first kappa shape index (κ1) is 17.2. The molecular formula is C13H15F4NO3. The maximum Gasteiger partial charge on any atom is 0.412 e. The monoisotopic (exact) mass is 309 g/mol. The van der Waals surface area contributed by atoms with E-state index in [4.69, 9.17) is 5.11 Å². The molecule has 118 valence electrons. The lowest BCUT2D eigenvalue weighted by atomic mass is 9.91. The van der Waals surface area contributed by atoms with E-state index in [0.29, 0.717) is 12.2 Å². The third-order valence-electron chi connectivity index (χ3n) is 3.11. The molecule has 1 aliphatic carbocycles. The molecule has 0 heterocycles. The lowest BCUT2D eigenvalue weighted by Crippen LogP contribution is -2.47. The second-order valence-electron chi connectivity index (χ2n) is 5.07. The molecule has 0 radical (unpaired) electrons. The number of rotatable bonds is 4. The molecule has 2 N–H and O–H groups in total. The van der Waals surface area contributed by atoms with Gasteiger partial charge in [-0.1, -0.05) is 19.9 Å². The second-order valence-corrected chi connectivity index (χ2v) is 5.07. The Morgan fingerprint density at radius 1 is 1.33 bits per heavy atom. The van der Waals surface area contributed by atoms with Crippen LogP contribution in [0.5, 0.6) is 0 Å². The van der Waals surface area contributed by atoms with Crippen LogP contribution in [-0.2, 0) is 9.59 Å². The summed E-state index contributed by atoms with van der Waals surface area (Å²) >= 11 is 0. The average Bonchev–Trinajstić information content (AvgIpc) is 2.33. The predicted octanol–water partition coefficient (Wildman–Crippen LogP) is 2.57. The van der Waals surface area contributed by atoms with Gasteiger partial charge in [0.25, 0.3) is 0 Å². The number of hydrogen-bond donors (Lipinski definition) is 2. The van der Waals surface area contributed by atoms with Crippen molar-refractivity contribution in [1.29, 1.82) is 0 Å². The number of amides is 1. The molecule has 8 heteroatoms. The summed E-state index contributed by atoms with van der Waals surface area (Å²) in [5, 5.41) is 11.0. The summed E-state index contributed by atoms with van der Waals surface area (Å²) in [5.74, 6) is -5.56. The molecule has 0 spiro atoms. The largest absolute Gasteiger partial charge is 0.480 e. The number of nitrogens with one attached hydrogen (secondary N) is 1. The first-order valence-corrected chi connectivity index (χ1v) is 6.20. The highest BCUT2D eigenvalue weighted by Crippen LogP contribution is 2.36. The summed E-state index contributed by atoms with van der Waals surface area (Å²) in [6, 6.07) is -1.29. The molecule has 1 rings (SSSR count). The number of allylic oxidation sites excluding steroid dienone is 3. The third-order valence-corrected chi connectivity index (χ3v) is 3.11. The SMILES string of the molecule is CC(C)C(NC(=O)C1CC(C(F)(F)F)=CC=C1F)C(=O)O. The zero-order valence-corrected chi connectivity index (χ0v) is 11.4. The molecule has 1 amide bonds. The van der Waals surface area contributed by atoms with Gasteiger partial charge in [0.05, 0.1) is 5.92 Å². The molecular weight excluding hydrogens is 294 g/mol. The van der Waals surface area contributed by atoms with Gasteiger partial charge in [0, 0.05) is 5.57 Å². The number of alkyl halides is 3. The smallest absolute Gasteiger partial charge is 0.412 e. The van der Waals surface area contributed by atoms with E-state index in [1.807, 2.05) is 0 Å². The van der Waals surface area contributed by atoms with E-state index in [1.165, 1.54) is 13.8 Å². The molecule has 0 aromatic carbocycles. The lowest BCUT2D eigenvalue weighted by molar-refractivity contribution is -0.143. The van der Waals surface area contributed by atoms with E-state index in [1.54, 1.807) is 0 Å². The highest BCUT2D eigenvalue weighted by atomic mass is 19.4. The number of halogens is 4. The molecule has 0 saturated heterocycles. The third kappa shape index (κ3) is 4.30. The van der Waals surface area contributed by atoms with Crippen LogP contribution in [0.1, 0.15) is 20.3 Å². The normalized spacial score (nSPS) is 20.6. The summed E-state index contributed by atoms with van der Waals surface area (Å²) in [6.07, 6.45) is -4.33. The summed E-state index contributed by atoms with van der Waals surface area (Å²) in [7, 11) is 0. The quantitative estimate of drug-likeness (QED) is 0.784. The van der Waals surface area contributed by atoms with Gasteiger partial charge >= 0.3 is 12.1 Å². The minimum atomic E-state index is -4.65. The maximum atomic E-state index is 13.6. The van der Waals surface area contributed by atoms with Gasteiger partial charge in [-0.15, -0.1) is 0 Å². The van der Waals surface area contributed by atoms with Crippen LogP contribution in [0.15, 0.2) is 23.6 Å². The van der Waals surface area contributed by atoms with E-state index in [0.717, 1.165) is 0 Å². The van der Waals surface area contributed by atoms with Crippen LogP contribution in [0.3, 0.4) is 0 Å². The van der Waals surface area contributed by atoms with Gasteiger partial charge in [-0.25, -0.2) is 9.18 Å². The number of aliphatic carboxylic acids is 1. The number of hydrogen-bond acceptors (Lipinski definition) is 2. The molecule has 2 unspecified atom stereocenters. The Hall–Kier alpha value is -1.86. The van der Waals surface area contributed by atoms with Gasteiger partial charge in [-0.2, -0.15) is 13.2 Å². The molecule has 4 nitrogen and oxygen atoms in total. The van der Waals surface area contributed by atoms with Gasteiger partial charge in [0.15, 0.2) is 0 Å². The first-order chi connectivity index (χ1) is 9.54. The molecule has 0 fully saturated rings. The van der Waals surface area contributed by atoms with Crippen LogP contribution in [0.25, 0.3) is 0 Å². The summed E-state index contributed by atoms with van der Waals surface area (Å²) in [6.45, 7) is 3.04. The van der Waals surface area contributed by atoms with Crippen molar-refractivity contribution in [3.63, 3.8) is 0 Å². The van der Waals surface area contributed by atoms with E-state index in [9.17, 15) is 27.2 Å². The predicted molar refractivity (Wildman–Crippen MR) is 65.8 cm³/mol. The van der Waals surface area contributed by atoms with Crippen LogP contribution in [-0.4, -0.2) is 29.2 Å². The van der Waals surface area contributed by atoms with Crippen LogP contribution >= 0.6 is 0 Å². The fraction of sp³-hybridized carbons (Fsp3) is 0.538. The average molecular weight is 309 g/mol. The minimum Gasteiger partial charge on any atom is -0.480 e. The van der Waals surface area contributed by atoms with E-state index < -0.39 is 53.8 Å². The highest BCUT2D eigenvalue weighted by molar-refractivity contribution is 5.87. The topological polar surface area (TPSA) is 66.4 Å². The van der Waals surface area contributed by atoms with Crippen molar-refractivity contribution >= 4 is 11.9 Å². The Balaban J connectivity index is 2.87. The molecule has 0 aliphatic heterocycles. The fourth-order valence-corrected chi connectivity index (χ4v) is 1.88. The van der Waals surface area contributed by atoms with Crippen LogP contribution in [0.2, 0.25) is 0 Å².